The van der Waals surface area contributed by atoms with Crippen molar-refractivity contribution in [1.29, 1.82) is 0 Å². The number of hydrogen-bond donors (Lipinski definition) is 2. The summed E-state index contributed by atoms with van der Waals surface area (Å²) in [5, 5.41) is 11.4. The number of hydrogen-bond acceptors (Lipinski definition) is 5. The van der Waals surface area contributed by atoms with Gasteiger partial charge in [0.2, 0.25) is 0 Å². The number of rotatable bonds is 7. The standard InChI is InChI=1S/C29H36N4O4/c1-19(20-7-9-21(10-8-20)26(36)31-17-13-24(34)35)33-27(37)25(22-6-5-16-30-18-22)32-29(33)14-11-23(12-15-29)28(2,3)4/h5-10,16,18-19,23H,11-15,17H2,1-4H3,(H,31,36)(H,34,35)/t19-,23?,29?/m1/s1. The van der Waals surface area contributed by atoms with Gasteiger partial charge >= 0.3 is 5.97 Å². The molecule has 0 bridgehead atoms. The van der Waals surface area contributed by atoms with E-state index in [2.05, 4.69) is 31.1 Å². The van der Waals surface area contributed by atoms with Gasteiger partial charge in [-0.05, 0) is 73.8 Å². The molecule has 2 N–H and O–H groups in total. The molecule has 2 aliphatic rings. The van der Waals surface area contributed by atoms with Crippen molar-refractivity contribution in [3.8, 4) is 0 Å². The van der Waals surface area contributed by atoms with Gasteiger partial charge in [-0.3, -0.25) is 24.4 Å². The third-order valence-electron chi connectivity index (χ3n) is 7.80. The molecule has 0 saturated heterocycles. The van der Waals surface area contributed by atoms with E-state index in [-0.39, 0.29) is 36.2 Å². The molecule has 1 aromatic heterocycles. The number of pyridine rings is 1. The van der Waals surface area contributed by atoms with Crippen molar-refractivity contribution < 1.29 is 19.5 Å². The molecule has 0 unspecified atom stereocenters. The zero-order chi connectivity index (χ0) is 26.8. The number of carboxylic acid groups (broad SMARTS) is 1. The third kappa shape index (κ3) is 5.58. The zero-order valence-electron chi connectivity index (χ0n) is 22.0. The minimum Gasteiger partial charge on any atom is -0.481 e. The Morgan fingerprint density at radius 2 is 1.84 bits per heavy atom. The number of amides is 2. The van der Waals surface area contributed by atoms with E-state index < -0.39 is 11.6 Å². The number of carbonyl (C=O) groups excluding carboxylic acids is 2. The summed E-state index contributed by atoms with van der Waals surface area (Å²) in [6, 6.07) is 10.6. The van der Waals surface area contributed by atoms with Gasteiger partial charge in [0.25, 0.3) is 11.8 Å². The van der Waals surface area contributed by atoms with Crippen LogP contribution in [-0.4, -0.2) is 50.7 Å². The Hall–Kier alpha value is -3.55. The summed E-state index contributed by atoms with van der Waals surface area (Å²) in [4.78, 5) is 48.2. The molecule has 1 aromatic carbocycles. The van der Waals surface area contributed by atoms with Crippen molar-refractivity contribution in [3.05, 3.63) is 65.5 Å². The van der Waals surface area contributed by atoms with Gasteiger partial charge < -0.3 is 15.3 Å². The van der Waals surface area contributed by atoms with E-state index in [1.807, 2.05) is 36.1 Å². The highest BCUT2D eigenvalue weighted by atomic mass is 16.4. The van der Waals surface area contributed by atoms with Crippen molar-refractivity contribution in [2.75, 3.05) is 6.54 Å². The van der Waals surface area contributed by atoms with E-state index in [0.717, 1.165) is 36.8 Å². The number of nitrogens with zero attached hydrogens (tertiary/aromatic N) is 3. The Bertz CT molecular complexity index is 1180. The van der Waals surface area contributed by atoms with Crippen molar-refractivity contribution >= 4 is 23.5 Å². The van der Waals surface area contributed by atoms with Gasteiger partial charge in [0.05, 0.1) is 12.5 Å². The van der Waals surface area contributed by atoms with E-state index >= 15 is 0 Å². The summed E-state index contributed by atoms with van der Waals surface area (Å²) in [7, 11) is 0. The van der Waals surface area contributed by atoms with Crippen LogP contribution in [0.4, 0.5) is 0 Å². The van der Waals surface area contributed by atoms with Gasteiger partial charge in [0, 0.05) is 30.1 Å². The highest BCUT2D eigenvalue weighted by Crippen LogP contribution is 2.49. The lowest BCUT2D eigenvalue weighted by atomic mass is 9.69. The summed E-state index contributed by atoms with van der Waals surface area (Å²) in [5.74, 6) is -0.804. The molecule has 8 nitrogen and oxygen atoms in total. The smallest absolute Gasteiger partial charge is 0.305 e. The predicted octanol–water partition coefficient (Wildman–Crippen LogP) is 4.61. The first kappa shape index (κ1) is 26.5. The first-order chi connectivity index (χ1) is 17.5. The normalized spacial score (nSPS) is 22.6. The highest BCUT2D eigenvalue weighted by molar-refractivity contribution is 6.46. The molecule has 1 saturated carbocycles. The molecule has 1 aliphatic heterocycles. The van der Waals surface area contributed by atoms with Crippen LogP contribution in [0.2, 0.25) is 0 Å². The predicted molar refractivity (Wildman–Crippen MR) is 141 cm³/mol. The summed E-state index contributed by atoms with van der Waals surface area (Å²) in [5.41, 5.74) is 2.15. The van der Waals surface area contributed by atoms with Gasteiger partial charge in [-0.15, -0.1) is 0 Å². The van der Waals surface area contributed by atoms with E-state index in [4.69, 9.17) is 10.1 Å². The Balaban J connectivity index is 1.59. The van der Waals surface area contributed by atoms with E-state index in [1.54, 1.807) is 24.5 Å². The van der Waals surface area contributed by atoms with Crippen LogP contribution in [0.3, 0.4) is 0 Å². The SMILES string of the molecule is C[C@H](c1ccc(C(=O)NCCC(=O)O)cc1)N1C(=O)C(c2cccnc2)=NC12CCC(C(C)(C)C)CC2. The molecule has 2 amide bonds. The monoisotopic (exact) mass is 504 g/mol. The lowest BCUT2D eigenvalue weighted by Crippen LogP contribution is -2.50. The maximum absolute atomic E-state index is 13.9. The van der Waals surface area contributed by atoms with Crippen molar-refractivity contribution in [1.82, 2.24) is 15.2 Å². The van der Waals surface area contributed by atoms with Gasteiger partial charge in [-0.1, -0.05) is 32.9 Å². The van der Waals surface area contributed by atoms with Crippen molar-refractivity contribution in [2.24, 2.45) is 16.3 Å². The minimum atomic E-state index is -0.960. The van der Waals surface area contributed by atoms with Gasteiger partial charge in [0.15, 0.2) is 0 Å². The van der Waals surface area contributed by atoms with Crippen LogP contribution in [0.25, 0.3) is 0 Å². The number of carbonyl (C=O) groups is 3. The van der Waals surface area contributed by atoms with Gasteiger partial charge in [-0.2, -0.15) is 0 Å². The van der Waals surface area contributed by atoms with E-state index in [9.17, 15) is 14.4 Å². The van der Waals surface area contributed by atoms with Crippen LogP contribution < -0.4 is 5.32 Å². The van der Waals surface area contributed by atoms with E-state index in [1.165, 1.54) is 0 Å². The number of carboxylic acids is 1. The second-order valence-electron chi connectivity index (χ2n) is 11.2. The molecule has 2 heterocycles. The number of nitrogens with one attached hydrogen (secondary N) is 1. The lowest BCUT2D eigenvalue weighted by Gasteiger charge is -2.46. The molecule has 1 fully saturated rings. The summed E-state index contributed by atoms with van der Waals surface area (Å²) >= 11 is 0. The van der Waals surface area contributed by atoms with Crippen LogP contribution in [0.5, 0.6) is 0 Å². The second-order valence-corrected chi connectivity index (χ2v) is 11.2. The quantitative estimate of drug-likeness (QED) is 0.572. The first-order valence-corrected chi connectivity index (χ1v) is 13.0. The average molecular weight is 505 g/mol. The fraction of sp³-hybridized carbons (Fsp3) is 0.483. The molecule has 1 aliphatic carbocycles. The largest absolute Gasteiger partial charge is 0.481 e. The number of aromatic nitrogens is 1. The minimum absolute atomic E-state index is 0.0706. The summed E-state index contributed by atoms with van der Waals surface area (Å²) in [6.45, 7) is 8.92. The Kier molecular flexibility index (Phi) is 7.48. The molecular formula is C29H36N4O4. The molecule has 2 aromatic rings. The van der Waals surface area contributed by atoms with Crippen molar-refractivity contribution in [3.63, 3.8) is 0 Å². The number of aliphatic imine (C=N–C) groups is 1. The van der Waals surface area contributed by atoms with Gasteiger partial charge in [0.1, 0.15) is 11.4 Å². The Morgan fingerprint density at radius 3 is 2.41 bits per heavy atom. The number of aliphatic carboxylic acids is 1. The first-order valence-electron chi connectivity index (χ1n) is 13.0. The molecule has 4 rings (SSSR count). The molecule has 1 spiro atoms. The van der Waals surface area contributed by atoms with Crippen LogP contribution in [-0.2, 0) is 9.59 Å². The molecular weight excluding hydrogens is 468 g/mol. The Labute approximate surface area is 218 Å². The highest BCUT2D eigenvalue weighted by Gasteiger charge is 2.51. The maximum atomic E-state index is 13.9. The van der Waals surface area contributed by atoms with E-state index in [0.29, 0.717) is 17.2 Å². The molecule has 37 heavy (non-hydrogen) atoms. The number of benzene rings is 1. The third-order valence-corrected chi connectivity index (χ3v) is 7.80. The van der Waals surface area contributed by atoms with Crippen LogP contribution >= 0.6 is 0 Å². The zero-order valence-corrected chi connectivity index (χ0v) is 22.0. The fourth-order valence-corrected chi connectivity index (χ4v) is 5.59. The molecule has 0 radical (unpaired) electrons. The van der Waals surface area contributed by atoms with Crippen molar-refractivity contribution in [2.45, 2.75) is 71.5 Å². The molecule has 8 heteroatoms. The molecule has 196 valence electrons. The van der Waals surface area contributed by atoms with Gasteiger partial charge in [-0.25, -0.2) is 0 Å². The maximum Gasteiger partial charge on any atom is 0.305 e. The van der Waals surface area contributed by atoms with Crippen LogP contribution in [0, 0.1) is 11.3 Å². The average Bonchev–Trinajstić information content (AvgIpc) is 3.14. The summed E-state index contributed by atoms with van der Waals surface area (Å²) in [6.07, 6.45) is 6.86. The summed E-state index contributed by atoms with van der Waals surface area (Å²) < 4.78 is 0. The van der Waals surface area contributed by atoms with Crippen LogP contribution in [0.15, 0.2) is 53.8 Å². The topological polar surface area (TPSA) is 112 Å². The molecule has 1 atom stereocenters. The van der Waals surface area contributed by atoms with Crippen LogP contribution in [0.1, 0.15) is 87.3 Å². The Morgan fingerprint density at radius 1 is 1.16 bits per heavy atom. The lowest BCUT2D eigenvalue weighted by molar-refractivity contribution is -0.137. The fourth-order valence-electron chi connectivity index (χ4n) is 5.59. The second kappa shape index (κ2) is 10.4.